The third-order valence-electron chi connectivity index (χ3n) is 7.05. The van der Waals surface area contributed by atoms with Gasteiger partial charge in [0.1, 0.15) is 17.9 Å². The summed E-state index contributed by atoms with van der Waals surface area (Å²) in [7, 11) is 2.83. The van der Waals surface area contributed by atoms with Crippen molar-refractivity contribution in [1.29, 1.82) is 0 Å². The van der Waals surface area contributed by atoms with E-state index >= 15 is 0 Å². The van der Waals surface area contributed by atoms with Gasteiger partial charge in [-0.2, -0.15) is 0 Å². The molecule has 10 heteroatoms. The number of carbonyl (C=O) groups excluding carboxylic acids is 3. The Morgan fingerprint density at radius 3 is 2.24 bits per heavy atom. The van der Waals surface area contributed by atoms with Crippen molar-refractivity contribution in [2.24, 2.45) is 0 Å². The number of rotatable bonds is 10. The molecular formula is C31H33BrN2O7. The normalized spacial score (nSPS) is 17.8. The first-order valence-corrected chi connectivity index (χ1v) is 13.9. The first-order valence-electron chi connectivity index (χ1n) is 13.2. The van der Waals surface area contributed by atoms with Gasteiger partial charge in [-0.25, -0.2) is 4.79 Å². The largest absolute Gasteiger partial charge is 0.497 e. The SMILES string of the molecule is COC(=O)[C@H]1C[C@H](OC(C)=O)CN1C(=O)[C@H](O)[C@@H](c1ccccc1)N(Cc1ccc(OC)cc1)c1ccc(Br)cc1. The molecule has 1 aliphatic rings. The van der Waals surface area contributed by atoms with E-state index in [1.807, 2.05) is 83.8 Å². The molecule has 1 amide bonds. The van der Waals surface area contributed by atoms with E-state index in [1.54, 1.807) is 7.11 Å². The summed E-state index contributed by atoms with van der Waals surface area (Å²) in [6.45, 7) is 1.59. The molecule has 1 heterocycles. The summed E-state index contributed by atoms with van der Waals surface area (Å²) in [5.41, 5.74) is 2.40. The first kappa shape index (κ1) is 30.1. The molecular weight excluding hydrogens is 592 g/mol. The highest BCUT2D eigenvalue weighted by atomic mass is 79.9. The van der Waals surface area contributed by atoms with Crippen LogP contribution in [0.2, 0.25) is 0 Å². The fourth-order valence-electron chi connectivity index (χ4n) is 5.12. The van der Waals surface area contributed by atoms with Crippen LogP contribution < -0.4 is 9.64 Å². The molecule has 0 spiro atoms. The maximum absolute atomic E-state index is 14.0. The molecule has 0 radical (unpaired) electrons. The molecule has 4 atom stereocenters. The molecule has 0 unspecified atom stereocenters. The zero-order chi connectivity index (χ0) is 29.5. The number of methoxy groups -OCH3 is 2. The summed E-state index contributed by atoms with van der Waals surface area (Å²) in [5.74, 6) is -1.11. The highest BCUT2D eigenvalue weighted by Gasteiger charge is 2.46. The number of esters is 2. The molecule has 4 rings (SSSR count). The molecule has 216 valence electrons. The van der Waals surface area contributed by atoms with Gasteiger partial charge in [0.05, 0.1) is 26.8 Å². The summed E-state index contributed by atoms with van der Waals surface area (Å²) >= 11 is 3.48. The Morgan fingerprint density at radius 1 is 1.00 bits per heavy atom. The van der Waals surface area contributed by atoms with Crippen LogP contribution in [0, 0.1) is 0 Å². The van der Waals surface area contributed by atoms with E-state index in [9.17, 15) is 19.5 Å². The molecule has 0 saturated carbocycles. The summed E-state index contributed by atoms with van der Waals surface area (Å²) in [6, 6.07) is 22.6. The average Bonchev–Trinajstić information content (AvgIpc) is 3.40. The van der Waals surface area contributed by atoms with Crippen molar-refractivity contribution in [3.63, 3.8) is 0 Å². The number of hydrogen-bond donors (Lipinski definition) is 1. The molecule has 1 saturated heterocycles. The van der Waals surface area contributed by atoms with E-state index in [-0.39, 0.29) is 13.0 Å². The number of nitrogens with zero attached hydrogens (tertiary/aromatic N) is 2. The van der Waals surface area contributed by atoms with Crippen molar-refractivity contribution in [3.8, 4) is 5.75 Å². The lowest BCUT2D eigenvalue weighted by Crippen LogP contribution is -2.50. The smallest absolute Gasteiger partial charge is 0.328 e. The van der Waals surface area contributed by atoms with Gasteiger partial charge in [0.2, 0.25) is 0 Å². The molecule has 3 aromatic carbocycles. The number of anilines is 1. The number of aliphatic hydroxyl groups is 1. The number of likely N-dealkylation sites (tertiary alicyclic amines) is 1. The van der Waals surface area contributed by atoms with Gasteiger partial charge >= 0.3 is 11.9 Å². The van der Waals surface area contributed by atoms with Crippen LogP contribution in [0.1, 0.15) is 30.5 Å². The lowest BCUT2D eigenvalue weighted by Gasteiger charge is -2.38. The summed E-state index contributed by atoms with van der Waals surface area (Å²) < 4.78 is 16.4. The lowest BCUT2D eigenvalue weighted by molar-refractivity contribution is -0.154. The monoisotopic (exact) mass is 624 g/mol. The standard InChI is InChI=1S/C31H33BrN2O7/c1-20(35)41-26-17-27(31(38)40-3)34(19-26)30(37)29(36)28(22-7-5-4-6-8-22)33(24-13-11-23(32)12-14-24)18-21-9-15-25(39-2)16-10-21/h4-16,26-29,36H,17-19H2,1-3H3/t26-,27+,28+,29+/m0/s1. The van der Waals surface area contributed by atoms with Crippen molar-refractivity contribution < 1.29 is 33.7 Å². The predicted octanol–water partition coefficient (Wildman–Crippen LogP) is 4.27. The van der Waals surface area contributed by atoms with Crippen LogP contribution in [0.5, 0.6) is 5.75 Å². The molecule has 0 bridgehead atoms. The number of carbonyl (C=O) groups is 3. The average molecular weight is 626 g/mol. The van der Waals surface area contributed by atoms with Gasteiger partial charge in [-0.15, -0.1) is 0 Å². The summed E-state index contributed by atoms with van der Waals surface area (Å²) in [6.07, 6.45) is -2.18. The van der Waals surface area contributed by atoms with Crippen LogP contribution in [0.15, 0.2) is 83.3 Å². The number of aliphatic hydroxyl groups excluding tert-OH is 1. The number of halogens is 1. The Morgan fingerprint density at radius 2 is 1.66 bits per heavy atom. The first-order chi connectivity index (χ1) is 19.7. The van der Waals surface area contributed by atoms with Crippen LogP contribution in [0.25, 0.3) is 0 Å². The minimum atomic E-state index is -1.58. The number of ether oxygens (including phenoxy) is 3. The fraction of sp³-hybridized carbons (Fsp3) is 0.323. The van der Waals surface area contributed by atoms with E-state index in [0.717, 1.165) is 15.7 Å². The lowest BCUT2D eigenvalue weighted by atomic mass is 9.96. The van der Waals surface area contributed by atoms with Crippen LogP contribution in [0.3, 0.4) is 0 Å². The summed E-state index contributed by atoms with van der Waals surface area (Å²) in [5, 5.41) is 11.9. The quantitative estimate of drug-likeness (QED) is 0.333. The molecule has 3 aromatic rings. The second kappa shape index (κ2) is 13.6. The van der Waals surface area contributed by atoms with Crippen molar-refractivity contribution in [2.75, 3.05) is 25.7 Å². The van der Waals surface area contributed by atoms with Gasteiger partial charge in [0.15, 0.2) is 6.10 Å². The Labute approximate surface area is 247 Å². The summed E-state index contributed by atoms with van der Waals surface area (Å²) in [4.78, 5) is 41.5. The van der Waals surface area contributed by atoms with Crippen LogP contribution in [-0.2, 0) is 30.4 Å². The van der Waals surface area contributed by atoms with Crippen molar-refractivity contribution in [1.82, 2.24) is 4.90 Å². The maximum atomic E-state index is 14.0. The fourth-order valence-corrected chi connectivity index (χ4v) is 5.38. The zero-order valence-electron chi connectivity index (χ0n) is 23.1. The van der Waals surface area contributed by atoms with Crippen LogP contribution >= 0.6 is 15.9 Å². The molecule has 41 heavy (non-hydrogen) atoms. The van der Waals surface area contributed by atoms with Gasteiger partial charge in [-0.1, -0.05) is 58.4 Å². The molecule has 9 nitrogen and oxygen atoms in total. The van der Waals surface area contributed by atoms with Crippen LogP contribution in [0.4, 0.5) is 5.69 Å². The van der Waals surface area contributed by atoms with Gasteiger partial charge in [0, 0.05) is 30.0 Å². The minimum absolute atomic E-state index is 0.0342. The molecule has 1 aliphatic heterocycles. The molecule has 1 fully saturated rings. The molecule has 0 aromatic heterocycles. The van der Waals surface area contributed by atoms with E-state index < -0.39 is 42.1 Å². The third-order valence-corrected chi connectivity index (χ3v) is 7.58. The number of hydrogen-bond acceptors (Lipinski definition) is 8. The van der Waals surface area contributed by atoms with Crippen molar-refractivity contribution in [3.05, 3.63) is 94.5 Å². The van der Waals surface area contributed by atoms with Gasteiger partial charge in [-0.05, 0) is 47.5 Å². The number of benzene rings is 3. The Balaban J connectivity index is 1.75. The molecule has 0 aliphatic carbocycles. The molecule has 1 N–H and O–H groups in total. The topological polar surface area (TPSA) is 106 Å². The maximum Gasteiger partial charge on any atom is 0.328 e. The Bertz CT molecular complexity index is 1330. The van der Waals surface area contributed by atoms with Gasteiger partial charge in [0.25, 0.3) is 5.91 Å². The predicted molar refractivity (Wildman–Crippen MR) is 156 cm³/mol. The number of amides is 1. The van der Waals surface area contributed by atoms with Gasteiger partial charge < -0.3 is 29.1 Å². The van der Waals surface area contributed by atoms with E-state index in [0.29, 0.717) is 17.9 Å². The zero-order valence-corrected chi connectivity index (χ0v) is 24.7. The van der Waals surface area contributed by atoms with Crippen molar-refractivity contribution >= 4 is 39.5 Å². The van der Waals surface area contributed by atoms with Crippen molar-refractivity contribution in [2.45, 2.75) is 44.2 Å². The highest BCUT2D eigenvalue weighted by Crippen LogP contribution is 2.35. The van der Waals surface area contributed by atoms with E-state index in [4.69, 9.17) is 14.2 Å². The Hall–Kier alpha value is -3.89. The third kappa shape index (κ3) is 7.25. The second-order valence-corrected chi connectivity index (χ2v) is 10.7. The van der Waals surface area contributed by atoms with Gasteiger partial charge in [-0.3, -0.25) is 9.59 Å². The van der Waals surface area contributed by atoms with E-state index in [1.165, 1.54) is 18.9 Å². The Kier molecular flexibility index (Phi) is 10.0. The van der Waals surface area contributed by atoms with Crippen LogP contribution in [-0.4, -0.2) is 66.9 Å². The minimum Gasteiger partial charge on any atom is -0.497 e. The second-order valence-electron chi connectivity index (χ2n) is 9.75. The van der Waals surface area contributed by atoms with E-state index in [2.05, 4.69) is 15.9 Å². The highest BCUT2D eigenvalue weighted by molar-refractivity contribution is 9.10.